The Hall–Kier alpha value is -0.670. The lowest BCUT2D eigenvalue weighted by Crippen LogP contribution is -2.26. The largest absolute Gasteiger partial charge is 0.497 e. The van der Waals surface area contributed by atoms with Crippen LogP contribution < -0.4 is 10.5 Å². The molecule has 0 bridgehead atoms. The third-order valence-electron chi connectivity index (χ3n) is 1.44. The normalized spacial score (nSPS) is 11.4. The van der Waals surface area contributed by atoms with Crippen molar-refractivity contribution in [3.8, 4) is 5.75 Å². The highest BCUT2D eigenvalue weighted by atomic mass is 32.2. The summed E-state index contributed by atoms with van der Waals surface area (Å²) in [5, 5.41) is 0. The molecule has 0 radical (unpaired) electrons. The Bertz CT molecular complexity index is 263. The number of methoxy groups -OCH3 is 1. The van der Waals surface area contributed by atoms with Crippen LogP contribution in [0.2, 0.25) is 0 Å². The number of hydrogen-bond donors (Lipinski definition) is 1. The minimum absolute atomic E-state index is 0.228. The molecule has 2 nitrogen and oxygen atoms in total. The average Bonchev–Trinajstić information content (AvgIpc) is 2.03. The third kappa shape index (κ3) is 3.70. The predicted octanol–water partition coefficient (Wildman–Crippen LogP) is 2.48. The van der Waals surface area contributed by atoms with Gasteiger partial charge in [0.25, 0.3) is 0 Å². The maximum Gasteiger partial charge on any atom is 0.118 e. The van der Waals surface area contributed by atoms with Gasteiger partial charge in [0.2, 0.25) is 0 Å². The standard InChI is InChI=1S/C10H15NOS/c1-10(2,11)13-9-6-4-8(12-3)5-7-9/h4-7H,11H2,1-3H3. The molecule has 72 valence electrons. The van der Waals surface area contributed by atoms with Crippen LogP contribution in [0.4, 0.5) is 0 Å². The van der Waals surface area contributed by atoms with Crippen molar-refractivity contribution in [1.82, 2.24) is 0 Å². The van der Waals surface area contributed by atoms with Gasteiger partial charge in [-0.05, 0) is 38.1 Å². The van der Waals surface area contributed by atoms with E-state index in [1.54, 1.807) is 18.9 Å². The van der Waals surface area contributed by atoms with Crippen LogP contribution in [0.25, 0.3) is 0 Å². The Labute approximate surface area is 83.5 Å². The number of thioether (sulfide) groups is 1. The Morgan fingerprint density at radius 2 is 1.77 bits per heavy atom. The van der Waals surface area contributed by atoms with Crippen LogP contribution in [0.3, 0.4) is 0 Å². The topological polar surface area (TPSA) is 35.2 Å². The van der Waals surface area contributed by atoms with Crippen molar-refractivity contribution in [2.45, 2.75) is 23.6 Å². The molecule has 0 aliphatic heterocycles. The van der Waals surface area contributed by atoms with Crippen molar-refractivity contribution in [2.24, 2.45) is 5.73 Å². The predicted molar refractivity (Wildman–Crippen MR) is 57.1 cm³/mol. The molecule has 0 atom stereocenters. The molecule has 2 N–H and O–H groups in total. The lowest BCUT2D eigenvalue weighted by Gasteiger charge is -2.17. The van der Waals surface area contributed by atoms with Crippen molar-refractivity contribution in [1.29, 1.82) is 0 Å². The molecule has 0 amide bonds. The molecule has 0 fully saturated rings. The highest BCUT2D eigenvalue weighted by Crippen LogP contribution is 2.29. The van der Waals surface area contributed by atoms with Crippen LogP contribution in [0.5, 0.6) is 5.75 Å². The van der Waals surface area contributed by atoms with Crippen LogP contribution in [-0.4, -0.2) is 12.0 Å². The van der Waals surface area contributed by atoms with Gasteiger partial charge in [-0.15, -0.1) is 11.8 Å². The first kappa shape index (κ1) is 10.4. The zero-order valence-corrected chi connectivity index (χ0v) is 9.02. The smallest absolute Gasteiger partial charge is 0.118 e. The molecule has 0 aliphatic carbocycles. The highest BCUT2D eigenvalue weighted by molar-refractivity contribution is 8.00. The van der Waals surface area contributed by atoms with Crippen molar-refractivity contribution >= 4 is 11.8 Å². The van der Waals surface area contributed by atoms with E-state index in [2.05, 4.69) is 0 Å². The summed E-state index contributed by atoms with van der Waals surface area (Å²) in [5.41, 5.74) is 5.87. The Morgan fingerprint density at radius 1 is 1.23 bits per heavy atom. The Balaban J connectivity index is 2.70. The molecule has 3 heteroatoms. The van der Waals surface area contributed by atoms with E-state index in [0.29, 0.717) is 0 Å². The lowest BCUT2D eigenvalue weighted by atomic mass is 10.3. The summed E-state index contributed by atoms with van der Waals surface area (Å²) >= 11 is 1.64. The van der Waals surface area contributed by atoms with Gasteiger partial charge in [0.15, 0.2) is 0 Å². The summed E-state index contributed by atoms with van der Waals surface area (Å²) in [6, 6.07) is 7.90. The molecule has 0 heterocycles. The van der Waals surface area contributed by atoms with E-state index < -0.39 is 0 Å². The number of benzene rings is 1. The summed E-state index contributed by atoms with van der Waals surface area (Å²) < 4.78 is 5.06. The summed E-state index contributed by atoms with van der Waals surface area (Å²) in [6.07, 6.45) is 0. The van der Waals surface area contributed by atoms with Gasteiger partial charge < -0.3 is 10.5 Å². The number of hydrogen-bond acceptors (Lipinski definition) is 3. The quantitative estimate of drug-likeness (QED) is 0.597. The summed E-state index contributed by atoms with van der Waals surface area (Å²) in [5.74, 6) is 0.874. The van der Waals surface area contributed by atoms with Gasteiger partial charge in [-0.1, -0.05) is 0 Å². The monoisotopic (exact) mass is 197 g/mol. The fourth-order valence-corrected chi connectivity index (χ4v) is 1.83. The second-order valence-electron chi connectivity index (χ2n) is 3.38. The van der Waals surface area contributed by atoms with Crippen LogP contribution in [0, 0.1) is 0 Å². The molecule has 1 rings (SSSR count). The zero-order chi connectivity index (χ0) is 9.90. The van der Waals surface area contributed by atoms with Gasteiger partial charge in [0.05, 0.1) is 12.0 Å². The van der Waals surface area contributed by atoms with Crippen LogP contribution in [0.1, 0.15) is 13.8 Å². The van der Waals surface area contributed by atoms with E-state index in [1.807, 2.05) is 38.1 Å². The van der Waals surface area contributed by atoms with E-state index in [4.69, 9.17) is 10.5 Å². The van der Waals surface area contributed by atoms with Gasteiger partial charge in [-0.2, -0.15) is 0 Å². The first-order chi connectivity index (χ1) is 6.01. The second-order valence-corrected chi connectivity index (χ2v) is 5.11. The number of nitrogens with two attached hydrogens (primary N) is 1. The molecule has 0 saturated carbocycles. The minimum atomic E-state index is -0.228. The van der Waals surface area contributed by atoms with Gasteiger partial charge >= 0.3 is 0 Å². The third-order valence-corrected chi connectivity index (χ3v) is 2.47. The molecule has 0 saturated heterocycles. The molecular formula is C10H15NOS. The SMILES string of the molecule is COc1ccc(SC(C)(C)N)cc1. The first-order valence-corrected chi connectivity index (χ1v) is 4.95. The fourth-order valence-electron chi connectivity index (χ4n) is 0.948. The average molecular weight is 197 g/mol. The van der Waals surface area contributed by atoms with Crippen LogP contribution in [-0.2, 0) is 0 Å². The van der Waals surface area contributed by atoms with E-state index in [-0.39, 0.29) is 4.87 Å². The van der Waals surface area contributed by atoms with Crippen molar-refractivity contribution in [3.05, 3.63) is 24.3 Å². The lowest BCUT2D eigenvalue weighted by molar-refractivity contribution is 0.414. The number of rotatable bonds is 3. The molecule has 0 aliphatic rings. The minimum Gasteiger partial charge on any atom is -0.497 e. The maximum atomic E-state index is 5.87. The maximum absolute atomic E-state index is 5.87. The molecule has 0 spiro atoms. The molecule has 0 unspecified atom stereocenters. The molecule has 13 heavy (non-hydrogen) atoms. The van der Waals surface area contributed by atoms with Crippen LogP contribution in [0.15, 0.2) is 29.2 Å². The van der Waals surface area contributed by atoms with E-state index in [0.717, 1.165) is 10.6 Å². The number of ether oxygens (including phenoxy) is 1. The second kappa shape index (κ2) is 4.03. The molecule has 0 aromatic heterocycles. The summed E-state index contributed by atoms with van der Waals surface area (Å²) in [4.78, 5) is 0.933. The Kier molecular flexibility index (Phi) is 3.22. The summed E-state index contributed by atoms with van der Waals surface area (Å²) in [7, 11) is 1.66. The van der Waals surface area contributed by atoms with Gasteiger partial charge in [-0.3, -0.25) is 0 Å². The molecular weight excluding hydrogens is 182 g/mol. The van der Waals surface area contributed by atoms with Gasteiger partial charge in [0, 0.05) is 4.90 Å². The highest BCUT2D eigenvalue weighted by Gasteiger charge is 2.11. The van der Waals surface area contributed by atoms with Crippen molar-refractivity contribution < 1.29 is 4.74 Å². The first-order valence-electron chi connectivity index (χ1n) is 4.13. The molecule has 1 aromatic carbocycles. The Morgan fingerprint density at radius 3 is 2.15 bits per heavy atom. The van der Waals surface area contributed by atoms with Gasteiger partial charge in [0.1, 0.15) is 5.75 Å². The zero-order valence-electron chi connectivity index (χ0n) is 8.20. The van der Waals surface area contributed by atoms with E-state index >= 15 is 0 Å². The van der Waals surface area contributed by atoms with E-state index in [9.17, 15) is 0 Å². The molecule has 1 aromatic rings. The van der Waals surface area contributed by atoms with E-state index in [1.165, 1.54) is 0 Å². The van der Waals surface area contributed by atoms with Gasteiger partial charge in [-0.25, -0.2) is 0 Å². The van der Waals surface area contributed by atoms with Crippen molar-refractivity contribution in [2.75, 3.05) is 7.11 Å². The summed E-state index contributed by atoms with van der Waals surface area (Å²) in [6.45, 7) is 3.98. The fraction of sp³-hybridized carbons (Fsp3) is 0.400. The van der Waals surface area contributed by atoms with Crippen LogP contribution >= 0.6 is 11.8 Å². The van der Waals surface area contributed by atoms with Crippen molar-refractivity contribution in [3.63, 3.8) is 0 Å².